The van der Waals surface area contributed by atoms with E-state index in [1.54, 1.807) is 0 Å². The van der Waals surface area contributed by atoms with E-state index in [-0.39, 0.29) is 10.9 Å². The third-order valence-electron chi connectivity index (χ3n) is 1.67. The third-order valence-corrected chi connectivity index (χ3v) is 3.39. The zero-order valence-electron chi connectivity index (χ0n) is 7.22. The fourth-order valence-electron chi connectivity index (χ4n) is 0.961. The number of rotatable bonds is 2. The summed E-state index contributed by atoms with van der Waals surface area (Å²) in [6.07, 6.45) is 0.832. The van der Waals surface area contributed by atoms with Gasteiger partial charge in [0.15, 0.2) is 21.5 Å². The monoisotopic (exact) mass is 284 g/mol. The highest BCUT2D eigenvalue weighted by atomic mass is 79.9. The van der Waals surface area contributed by atoms with Gasteiger partial charge in [-0.25, -0.2) is 17.2 Å². The van der Waals surface area contributed by atoms with Crippen LogP contribution < -0.4 is 0 Å². The molecular formula is C8H7BrF2O2S. The van der Waals surface area contributed by atoms with Gasteiger partial charge in [0.2, 0.25) is 0 Å². The molecule has 0 saturated carbocycles. The van der Waals surface area contributed by atoms with E-state index in [1.807, 2.05) is 0 Å². The highest BCUT2D eigenvalue weighted by Gasteiger charge is 2.19. The summed E-state index contributed by atoms with van der Waals surface area (Å²) in [5, 5.41) is 0.139. The molecule has 0 bridgehead atoms. The SMILES string of the molecule is CS(=O)(=O)c1ccc(CBr)c(F)c1F. The van der Waals surface area contributed by atoms with Crippen molar-refractivity contribution in [1.82, 2.24) is 0 Å². The van der Waals surface area contributed by atoms with Crippen molar-refractivity contribution < 1.29 is 17.2 Å². The molecule has 0 radical (unpaired) electrons. The first-order chi connectivity index (χ1) is 6.38. The summed E-state index contributed by atoms with van der Waals surface area (Å²) < 4.78 is 48.3. The van der Waals surface area contributed by atoms with Gasteiger partial charge in [0.05, 0.1) is 0 Å². The smallest absolute Gasteiger partial charge is 0.178 e. The van der Waals surface area contributed by atoms with Gasteiger partial charge in [-0.15, -0.1) is 0 Å². The van der Waals surface area contributed by atoms with E-state index in [4.69, 9.17) is 0 Å². The highest BCUT2D eigenvalue weighted by molar-refractivity contribution is 9.08. The van der Waals surface area contributed by atoms with E-state index in [1.165, 1.54) is 6.07 Å². The largest absolute Gasteiger partial charge is 0.224 e. The lowest BCUT2D eigenvalue weighted by molar-refractivity contribution is 0.480. The minimum atomic E-state index is -3.71. The van der Waals surface area contributed by atoms with Crippen LogP contribution in [0.4, 0.5) is 8.78 Å². The number of halogens is 3. The molecule has 0 fully saturated rings. The molecule has 0 N–H and O–H groups in total. The van der Waals surface area contributed by atoms with Crippen LogP contribution in [0.2, 0.25) is 0 Å². The van der Waals surface area contributed by atoms with E-state index in [0.29, 0.717) is 0 Å². The van der Waals surface area contributed by atoms with Crippen LogP contribution in [0.15, 0.2) is 17.0 Å². The number of sulfone groups is 1. The van der Waals surface area contributed by atoms with Crippen molar-refractivity contribution in [2.45, 2.75) is 10.2 Å². The van der Waals surface area contributed by atoms with Gasteiger partial charge < -0.3 is 0 Å². The van der Waals surface area contributed by atoms with Crippen molar-refractivity contribution in [3.8, 4) is 0 Å². The lowest BCUT2D eigenvalue weighted by Crippen LogP contribution is -2.04. The molecule has 78 valence electrons. The molecule has 1 aromatic carbocycles. The fraction of sp³-hybridized carbons (Fsp3) is 0.250. The summed E-state index contributed by atoms with van der Waals surface area (Å²) in [5.41, 5.74) is 0.0925. The van der Waals surface area contributed by atoms with Crippen molar-refractivity contribution in [2.75, 3.05) is 6.26 Å². The van der Waals surface area contributed by atoms with Gasteiger partial charge in [-0.2, -0.15) is 0 Å². The van der Waals surface area contributed by atoms with Gasteiger partial charge in [0, 0.05) is 17.1 Å². The molecule has 0 aromatic heterocycles. The van der Waals surface area contributed by atoms with Crippen LogP contribution in [0.1, 0.15) is 5.56 Å². The Bertz CT molecular complexity index is 457. The van der Waals surface area contributed by atoms with Crippen molar-refractivity contribution in [3.05, 3.63) is 29.3 Å². The molecule has 0 heterocycles. The molecule has 0 spiro atoms. The predicted molar refractivity (Wildman–Crippen MR) is 52.1 cm³/mol. The minimum absolute atomic E-state index is 0.0925. The standard InChI is InChI=1S/C8H7BrF2O2S/c1-14(12,13)6-3-2-5(4-9)7(10)8(6)11/h2-3H,4H2,1H3. The second-order valence-electron chi connectivity index (χ2n) is 2.76. The van der Waals surface area contributed by atoms with Crippen LogP contribution in [0, 0.1) is 11.6 Å². The quantitative estimate of drug-likeness (QED) is 0.781. The molecule has 0 atom stereocenters. The average molecular weight is 285 g/mol. The van der Waals surface area contributed by atoms with Crippen molar-refractivity contribution in [1.29, 1.82) is 0 Å². The third kappa shape index (κ3) is 2.12. The summed E-state index contributed by atoms with van der Waals surface area (Å²) >= 11 is 2.96. The van der Waals surface area contributed by atoms with Gasteiger partial charge in [-0.3, -0.25) is 0 Å². The predicted octanol–water partition coefficient (Wildman–Crippen LogP) is 2.26. The Morgan fingerprint density at radius 1 is 1.29 bits per heavy atom. The summed E-state index contributed by atoms with van der Waals surface area (Å²) in [6.45, 7) is 0. The van der Waals surface area contributed by atoms with E-state index in [9.17, 15) is 17.2 Å². The van der Waals surface area contributed by atoms with E-state index >= 15 is 0 Å². The summed E-state index contributed by atoms with van der Waals surface area (Å²) in [5.74, 6) is -2.44. The van der Waals surface area contributed by atoms with Gasteiger partial charge in [-0.1, -0.05) is 22.0 Å². The molecule has 1 rings (SSSR count). The van der Waals surface area contributed by atoms with Gasteiger partial charge in [0.25, 0.3) is 0 Å². The van der Waals surface area contributed by atoms with E-state index in [2.05, 4.69) is 15.9 Å². The van der Waals surface area contributed by atoms with Crippen LogP contribution in [-0.4, -0.2) is 14.7 Å². The zero-order chi connectivity index (χ0) is 10.9. The molecule has 6 heteroatoms. The van der Waals surface area contributed by atoms with E-state index in [0.717, 1.165) is 12.3 Å². The van der Waals surface area contributed by atoms with Crippen molar-refractivity contribution in [3.63, 3.8) is 0 Å². The Morgan fingerprint density at radius 3 is 2.29 bits per heavy atom. The first-order valence-electron chi connectivity index (χ1n) is 3.61. The maximum Gasteiger partial charge on any atom is 0.178 e. The fourth-order valence-corrected chi connectivity index (χ4v) is 2.12. The van der Waals surface area contributed by atoms with Crippen LogP contribution in [0.3, 0.4) is 0 Å². The Balaban J connectivity index is 3.47. The van der Waals surface area contributed by atoms with Gasteiger partial charge in [-0.05, 0) is 6.07 Å². The molecule has 0 aliphatic rings. The first kappa shape index (κ1) is 11.6. The normalized spacial score (nSPS) is 11.7. The maximum atomic E-state index is 13.2. The topological polar surface area (TPSA) is 34.1 Å². The van der Waals surface area contributed by atoms with Crippen LogP contribution >= 0.6 is 15.9 Å². The number of hydrogen-bond acceptors (Lipinski definition) is 2. The summed E-state index contributed by atoms with van der Waals surface area (Å²) in [4.78, 5) is -0.611. The molecule has 0 aliphatic heterocycles. The minimum Gasteiger partial charge on any atom is -0.224 e. The summed E-state index contributed by atoms with van der Waals surface area (Å²) in [6, 6.07) is 2.30. The molecule has 2 nitrogen and oxygen atoms in total. The van der Waals surface area contributed by atoms with Crippen LogP contribution in [0.5, 0.6) is 0 Å². The zero-order valence-corrected chi connectivity index (χ0v) is 9.62. The van der Waals surface area contributed by atoms with Crippen molar-refractivity contribution in [2.24, 2.45) is 0 Å². The molecule has 0 unspecified atom stereocenters. The van der Waals surface area contributed by atoms with Crippen LogP contribution in [0.25, 0.3) is 0 Å². The average Bonchev–Trinajstić information content (AvgIpc) is 2.07. The molecule has 14 heavy (non-hydrogen) atoms. The molecule has 0 saturated heterocycles. The Labute approximate surface area is 89.0 Å². The van der Waals surface area contributed by atoms with Gasteiger partial charge >= 0.3 is 0 Å². The first-order valence-corrected chi connectivity index (χ1v) is 6.62. The van der Waals surface area contributed by atoms with Crippen LogP contribution in [-0.2, 0) is 15.2 Å². The lowest BCUT2D eigenvalue weighted by Gasteiger charge is -2.04. The lowest BCUT2D eigenvalue weighted by atomic mass is 10.2. The Kier molecular flexibility index (Phi) is 3.26. The molecule has 1 aromatic rings. The second-order valence-corrected chi connectivity index (χ2v) is 5.30. The summed E-state index contributed by atoms with van der Waals surface area (Å²) in [7, 11) is -3.71. The Hall–Kier alpha value is -0.490. The molecular weight excluding hydrogens is 278 g/mol. The molecule has 0 amide bonds. The Morgan fingerprint density at radius 2 is 1.86 bits per heavy atom. The highest BCUT2D eigenvalue weighted by Crippen LogP contribution is 2.21. The van der Waals surface area contributed by atoms with Gasteiger partial charge in [0.1, 0.15) is 4.90 Å². The van der Waals surface area contributed by atoms with Crippen molar-refractivity contribution >= 4 is 25.8 Å². The number of benzene rings is 1. The number of alkyl halides is 1. The number of hydrogen-bond donors (Lipinski definition) is 0. The van der Waals surface area contributed by atoms with E-state index < -0.39 is 26.4 Å². The maximum absolute atomic E-state index is 13.2. The molecule has 0 aliphatic carbocycles. The second kappa shape index (κ2) is 3.94.